The summed E-state index contributed by atoms with van der Waals surface area (Å²) in [5, 5.41) is 6.27. The second kappa shape index (κ2) is 7.86. The van der Waals surface area contributed by atoms with Crippen molar-refractivity contribution >= 4 is 10.8 Å². The summed E-state index contributed by atoms with van der Waals surface area (Å²) in [6, 6.07) is 7.75. The monoisotopic (exact) mass is 356 g/mol. The second-order valence-electron chi connectivity index (χ2n) is 7.55. The fraction of sp³-hybridized carbons (Fsp3) is 0.600. The molecule has 26 heavy (non-hydrogen) atoms. The van der Waals surface area contributed by atoms with Crippen LogP contribution in [0.2, 0.25) is 0 Å². The van der Waals surface area contributed by atoms with Gasteiger partial charge in [0.05, 0.1) is 31.0 Å². The first-order valence-corrected chi connectivity index (χ1v) is 9.69. The Morgan fingerprint density at radius 2 is 1.73 bits per heavy atom. The van der Waals surface area contributed by atoms with Gasteiger partial charge in [-0.15, -0.1) is 0 Å². The number of ether oxygens (including phenoxy) is 1. The normalized spacial score (nSPS) is 20.7. The summed E-state index contributed by atoms with van der Waals surface area (Å²) in [6.45, 7) is 9.70. The predicted octanol–water partition coefficient (Wildman–Crippen LogP) is 1.71. The van der Waals surface area contributed by atoms with E-state index >= 15 is 0 Å². The van der Waals surface area contributed by atoms with E-state index in [-0.39, 0.29) is 5.56 Å². The van der Waals surface area contributed by atoms with Crippen molar-refractivity contribution in [1.29, 1.82) is 0 Å². The van der Waals surface area contributed by atoms with Gasteiger partial charge in [-0.25, -0.2) is 4.68 Å². The minimum atomic E-state index is 0.0154. The molecule has 6 heteroatoms. The first-order chi connectivity index (χ1) is 12.7. The second-order valence-corrected chi connectivity index (χ2v) is 7.55. The number of benzene rings is 1. The average Bonchev–Trinajstić information content (AvgIpc) is 2.68. The summed E-state index contributed by atoms with van der Waals surface area (Å²) in [6.07, 6.45) is 2.39. The van der Waals surface area contributed by atoms with Crippen LogP contribution in [0.3, 0.4) is 0 Å². The SMILES string of the molecule is Cc1nn(CN2CCC(CN3CCOCC3)CC2)c(=O)c2ccccc12. The molecule has 0 radical (unpaired) electrons. The van der Waals surface area contributed by atoms with Gasteiger partial charge in [-0.3, -0.25) is 14.6 Å². The first kappa shape index (κ1) is 17.6. The van der Waals surface area contributed by atoms with Crippen molar-refractivity contribution in [1.82, 2.24) is 19.6 Å². The van der Waals surface area contributed by atoms with Crippen LogP contribution >= 0.6 is 0 Å². The first-order valence-electron chi connectivity index (χ1n) is 9.69. The van der Waals surface area contributed by atoms with Gasteiger partial charge in [0.15, 0.2) is 0 Å². The van der Waals surface area contributed by atoms with E-state index < -0.39 is 0 Å². The van der Waals surface area contributed by atoms with Gasteiger partial charge in [0, 0.05) is 38.1 Å². The minimum absolute atomic E-state index is 0.0154. The summed E-state index contributed by atoms with van der Waals surface area (Å²) in [7, 11) is 0. The van der Waals surface area contributed by atoms with Crippen molar-refractivity contribution in [3.63, 3.8) is 0 Å². The summed E-state index contributed by atoms with van der Waals surface area (Å²) < 4.78 is 7.07. The molecule has 0 amide bonds. The Labute approximate surface area is 154 Å². The standard InChI is InChI=1S/C20H28N4O2/c1-16-18-4-2-3-5-19(18)20(25)24(21-16)15-23-8-6-17(7-9-23)14-22-10-12-26-13-11-22/h2-5,17H,6-15H2,1H3. The van der Waals surface area contributed by atoms with E-state index in [1.807, 2.05) is 31.2 Å². The minimum Gasteiger partial charge on any atom is -0.379 e. The Kier molecular flexibility index (Phi) is 5.33. The van der Waals surface area contributed by atoms with Crippen LogP contribution in [-0.4, -0.2) is 65.5 Å². The molecule has 2 saturated heterocycles. The number of aromatic nitrogens is 2. The average molecular weight is 356 g/mol. The van der Waals surface area contributed by atoms with Crippen molar-refractivity contribution in [2.24, 2.45) is 5.92 Å². The lowest BCUT2D eigenvalue weighted by Gasteiger charge is -2.36. The van der Waals surface area contributed by atoms with Crippen LogP contribution in [0.5, 0.6) is 0 Å². The topological polar surface area (TPSA) is 50.6 Å². The number of hydrogen-bond donors (Lipinski definition) is 0. The zero-order chi connectivity index (χ0) is 17.9. The summed E-state index contributed by atoms with van der Waals surface area (Å²) in [5.74, 6) is 0.757. The smallest absolute Gasteiger partial charge is 0.275 e. The van der Waals surface area contributed by atoms with Gasteiger partial charge in [0.2, 0.25) is 0 Å². The van der Waals surface area contributed by atoms with Gasteiger partial charge >= 0.3 is 0 Å². The maximum Gasteiger partial charge on any atom is 0.275 e. The van der Waals surface area contributed by atoms with Crippen molar-refractivity contribution in [2.45, 2.75) is 26.4 Å². The van der Waals surface area contributed by atoms with Gasteiger partial charge < -0.3 is 4.74 Å². The van der Waals surface area contributed by atoms with Crippen LogP contribution in [-0.2, 0) is 11.4 Å². The van der Waals surface area contributed by atoms with Gasteiger partial charge in [-0.2, -0.15) is 5.10 Å². The third-order valence-electron chi connectivity index (χ3n) is 5.71. The summed E-state index contributed by atoms with van der Waals surface area (Å²) in [5.41, 5.74) is 0.934. The molecule has 0 atom stereocenters. The molecule has 2 aromatic rings. The Balaban J connectivity index is 1.38. The fourth-order valence-electron chi connectivity index (χ4n) is 4.15. The maximum absolute atomic E-state index is 12.7. The van der Waals surface area contributed by atoms with Crippen LogP contribution in [0.15, 0.2) is 29.1 Å². The largest absolute Gasteiger partial charge is 0.379 e. The number of piperidine rings is 1. The van der Waals surface area contributed by atoms with Gasteiger partial charge in [-0.1, -0.05) is 18.2 Å². The highest BCUT2D eigenvalue weighted by molar-refractivity contribution is 5.83. The van der Waals surface area contributed by atoms with Gasteiger partial charge in [0.1, 0.15) is 0 Å². The number of rotatable bonds is 4. The highest BCUT2D eigenvalue weighted by atomic mass is 16.5. The molecule has 0 N–H and O–H groups in total. The molecule has 0 unspecified atom stereocenters. The Morgan fingerprint density at radius 1 is 1.04 bits per heavy atom. The lowest BCUT2D eigenvalue weighted by Crippen LogP contribution is -2.44. The third-order valence-corrected chi connectivity index (χ3v) is 5.71. The molecular formula is C20H28N4O2. The molecule has 1 aromatic heterocycles. The molecule has 0 spiro atoms. The van der Waals surface area contributed by atoms with Gasteiger partial charge in [0.25, 0.3) is 5.56 Å². The summed E-state index contributed by atoms with van der Waals surface area (Å²) in [4.78, 5) is 17.6. The molecule has 3 heterocycles. The maximum atomic E-state index is 12.7. The highest BCUT2D eigenvalue weighted by Crippen LogP contribution is 2.19. The Bertz CT molecular complexity index is 805. The van der Waals surface area contributed by atoms with Gasteiger partial charge in [-0.05, 0) is 31.7 Å². The number of likely N-dealkylation sites (tertiary alicyclic amines) is 1. The molecule has 0 saturated carbocycles. The van der Waals surface area contributed by atoms with Crippen LogP contribution < -0.4 is 5.56 Å². The van der Waals surface area contributed by atoms with Crippen LogP contribution in [0.1, 0.15) is 18.5 Å². The molecule has 2 aliphatic rings. The number of morpholine rings is 1. The van der Waals surface area contributed by atoms with E-state index in [1.54, 1.807) is 4.68 Å². The van der Waals surface area contributed by atoms with Crippen molar-refractivity contribution in [2.75, 3.05) is 45.9 Å². The lowest BCUT2D eigenvalue weighted by atomic mass is 9.96. The Hall–Kier alpha value is -1.76. The number of fused-ring (bicyclic) bond motifs is 1. The van der Waals surface area contributed by atoms with Crippen molar-refractivity contribution in [3.05, 3.63) is 40.3 Å². The molecule has 2 fully saturated rings. The van der Waals surface area contributed by atoms with E-state index in [0.29, 0.717) is 6.67 Å². The molecular weight excluding hydrogens is 328 g/mol. The van der Waals surface area contributed by atoms with E-state index in [2.05, 4.69) is 14.9 Å². The zero-order valence-electron chi connectivity index (χ0n) is 15.6. The number of aryl methyl sites for hydroxylation is 1. The quantitative estimate of drug-likeness (QED) is 0.835. The fourth-order valence-corrected chi connectivity index (χ4v) is 4.15. The molecule has 1 aromatic carbocycles. The number of hydrogen-bond acceptors (Lipinski definition) is 5. The number of nitrogens with zero attached hydrogens (tertiary/aromatic N) is 4. The predicted molar refractivity (Wildman–Crippen MR) is 102 cm³/mol. The zero-order valence-corrected chi connectivity index (χ0v) is 15.6. The molecule has 6 nitrogen and oxygen atoms in total. The highest BCUT2D eigenvalue weighted by Gasteiger charge is 2.23. The van der Waals surface area contributed by atoms with Crippen molar-refractivity contribution in [3.8, 4) is 0 Å². The van der Waals surface area contributed by atoms with Crippen LogP contribution in [0.25, 0.3) is 10.8 Å². The molecule has 0 bridgehead atoms. The van der Waals surface area contributed by atoms with E-state index in [9.17, 15) is 4.79 Å². The molecule has 140 valence electrons. The lowest BCUT2D eigenvalue weighted by molar-refractivity contribution is 0.0227. The molecule has 4 rings (SSSR count). The molecule has 0 aliphatic carbocycles. The van der Waals surface area contributed by atoms with Crippen LogP contribution in [0.4, 0.5) is 0 Å². The van der Waals surface area contributed by atoms with Crippen molar-refractivity contribution < 1.29 is 4.74 Å². The Morgan fingerprint density at radius 3 is 2.46 bits per heavy atom. The van der Waals surface area contributed by atoms with E-state index in [1.165, 1.54) is 19.4 Å². The van der Waals surface area contributed by atoms with E-state index in [4.69, 9.17) is 4.74 Å². The third kappa shape index (κ3) is 3.82. The van der Waals surface area contributed by atoms with E-state index in [0.717, 1.165) is 61.8 Å². The molecule has 2 aliphatic heterocycles. The summed E-state index contributed by atoms with van der Waals surface area (Å²) >= 11 is 0. The van der Waals surface area contributed by atoms with Crippen LogP contribution in [0, 0.1) is 12.8 Å².